The van der Waals surface area contributed by atoms with Crippen LogP contribution in [-0.2, 0) is 4.74 Å². The second kappa shape index (κ2) is 5.14. The Morgan fingerprint density at radius 1 is 1.29 bits per heavy atom. The molecule has 2 rings (SSSR count). The molecule has 1 aliphatic heterocycles. The summed E-state index contributed by atoms with van der Waals surface area (Å²) >= 11 is 0. The maximum atomic E-state index is 12.8. The summed E-state index contributed by atoms with van der Waals surface area (Å²) in [5.74, 6) is -0.305. The standard InChI is InChI=1S/C12H15FN2O2/c1-14(11-4-2-10(13)3-5-11)12(16)15-6-8-17-9-7-15/h2-5H,6-9H2,1H3. The highest BCUT2D eigenvalue weighted by Crippen LogP contribution is 2.15. The number of anilines is 1. The zero-order valence-corrected chi connectivity index (χ0v) is 9.73. The molecule has 1 aliphatic rings. The van der Waals surface area contributed by atoms with Crippen molar-refractivity contribution < 1.29 is 13.9 Å². The van der Waals surface area contributed by atoms with Crippen molar-refractivity contribution in [3.8, 4) is 0 Å². The molecule has 17 heavy (non-hydrogen) atoms. The SMILES string of the molecule is CN(C(=O)N1CCOCC1)c1ccc(F)cc1. The summed E-state index contributed by atoms with van der Waals surface area (Å²) in [5, 5.41) is 0. The van der Waals surface area contributed by atoms with Gasteiger partial charge in [0.15, 0.2) is 0 Å². The topological polar surface area (TPSA) is 32.8 Å². The minimum Gasteiger partial charge on any atom is -0.378 e. The average Bonchev–Trinajstić information content (AvgIpc) is 2.39. The van der Waals surface area contributed by atoms with E-state index in [2.05, 4.69) is 0 Å². The zero-order chi connectivity index (χ0) is 12.3. The Bertz CT molecular complexity index is 388. The van der Waals surface area contributed by atoms with Crippen LogP contribution in [0.1, 0.15) is 0 Å². The van der Waals surface area contributed by atoms with Crippen molar-refractivity contribution in [2.24, 2.45) is 0 Å². The minimum atomic E-state index is -0.305. The van der Waals surface area contributed by atoms with Crippen LogP contribution in [0.25, 0.3) is 0 Å². The highest BCUT2D eigenvalue weighted by atomic mass is 19.1. The highest BCUT2D eigenvalue weighted by Gasteiger charge is 2.21. The molecule has 1 heterocycles. The van der Waals surface area contributed by atoms with Crippen molar-refractivity contribution in [3.05, 3.63) is 30.1 Å². The Hall–Kier alpha value is -1.62. The van der Waals surface area contributed by atoms with Gasteiger partial charge in [-0.2, -0.15) is 0 Å². The molecule has 0 atom stereocenters. The normalized spacial score (nSPS) is 15.8. The van der Waals surface area contributed by atoms with Crippen LogP contribution in [0.15, 0.2) is 24.3 Å². The molecule has 0 aliphatic carbocycles. The lowest BCUT2D eigenvalue weighted by Crippen LogP contribution is -2.47. The minimum absolute atomic E-state index is 0.0834. The number of hydrogen-bond acceptors (Lipinski definition) is 2. The lowest BCUT2D eigenvalue weighted by Gasteiger charge is -2.31. The molecule has 0 aromatic heterocycles. The number of amides is 2. The first kappa shape index (κ1) is 11.9. The molecule has 0 saturated carbocycles. The third-order valence-electron chi connectivity index (χ3n) is 2.78. The van der Waals surface area contributed by atoms with Gasteiger partial charge in [0, 0.05) is 25.8 Å². The molecule has 4 nitrogen and oxygen atoms in total. The van der Waals surface area contributed by atoms with Crippen molar-refractivity contribution in [1.29, 1.82) is 0 Å². The largest absolute Gasteiger partial charge is 0.378 e. The molecule has 1 aromatic carbocycles. The number of benzene rings is 1. The Kier molecular flexibility index (Phi) is 3.58. The smallest absolute Gasteiger partial charge is 0.324 e. The maximum absolute atomic E-state index is 12.8. The lowest BCUT2D eigenvalue weighted by atomic mass is 10.3. The molecule has 0 N–H and O–H groups in total. The first-order valence-electron chi connectivity index (χ1n) is 5.54. The second-order valence-electron chi connectivity index (χ2n) is 3.92. The zero-order valence-electron chi connectivity index (χ0n) is 9.73. The Labute approximate surface area is 99.6 Å². The fourth-order valence-electron chi connectivity index (χ4n) is 1.74. The highest BCUT2D eigenvalue weighted by molar-refractivity contribution is 5.91. The van der Waals surface area contributed by atoms with Crippen LogP contribution in [0.3, 0.4) is 0 Å². The van der Waals surface area contributed by atoms with Gasteiger partial charge in [0.2, 0.25) is 0 Å². The molecule has 0 radical (unpaired) electrons. The first-order chi connectivity index (χ1) is 8.18. The van der Waals surface area contributed by atoms with Crippen molar-refractivity contribution in [2.45, 2.75) is 0 Å². The third-order valence-corrected chi connectivity index (χ3v) is 2.78. The van der Waals surface area contributed by atoms with Crippen molar-refractivity contribution >= 4 is 11.7 Å². The molecule has 2 amide bonds. The van der Waals surface area contributed by atoms with Gasteiger partial charge in [-0.3, -0.25) is 4.90 Å². The van der Waals surface area contributed by atoms with E-state index in [1.807, 2.05) is 0 Å². The van der Waals surface area contributed by atoms with Gasteiger partial charge in [-0.15, -0.1) is 0 Å². The van der Waals surface area contributed by atoms with Crippen molar-refractivity contribution in [2.75, 3.05) is 38.3 Å². The van der Waals surface area contributed by atoms with Gasteiger partial charge >= 0.3 is 6.03 Å². The van der Waals surface area contributed by atoms with Gasteiger partial charge in [-0.05, 0) is 24.3 Å². The summed E-state index contributed by atoms with van der Waals surface area (Å²) in [6.45, 7) is 2.35. The Balaban J connectivity index is 2.05. The predicted octanol–water partition coefficient (Wildman–Crippen LogP) is 1.71. The van der Waals surface area contributed by atoms with Crippen LogP contribution in [-0.4, -0.2) is 44.3 Å². The fraction of sp³-hybridized carbons (Fsp3) is 0.417. The number of carbonyl (C=O) groups excluding carboxylic acids is 1. The van der Waals surface area contributed by atoms with Crippen LogP contribution < -0.4 is 4.90 Å². The first-order valence-corrected chi connectivity index (χ1v) is 5.54. The van der Waals surface area contributed by atoms with E-state index >= 15 is 0 Å². The predicted molar refractivity (Wildman–Crippen MR) is 62.6 cm³/mol. The molecule has 1 saturated heterocycles. The monoisotopic (exact) mass is 238 g/mol. The third kappa shape index (κ3) is 2.74. The van der Waals surface area contributed by atoms with E-state index in [0.29, 0.717) is 32.0 Å². The molecular weight excluding hydrogens is 223 g/mol. The van der Waals surface area contributed by atoms with Gasteiger partial charge in [0.05, 0.1) is 13.2 Å². The van der Waals surface area contributed by atoms with Gasteiger partial charge in [0.1, 0.15) is 5.82 Å². The molecule has 0 bridgehead atoms. The molecule has 1 aromatic rings. The Morgan fingerprint density at radius 2 is 1.88 bits per heavy atom. The lowest BCUT2D eigenvalue weighted by molar-refractivity contribution is 0.0551. The average molecular weight is 238 g/mol. The second-order valence-corrected chi connectivity index (χ2v) is 3.92. The van der Waals surface area contributed by atoms with E-state index in [1.165, 1.54) is 17.0 Å². The number of morpholine rings is 1. The summed E-state index contributed by atoms with van der Waals surface area (Å²) in [7, 11) is 1.69. The van der Waals surface area contributed by atoms with Crippen LogP contribution >= 0.6 is 0 Å². The summed E-state index contributed by atoms with van der Waals surface area (Å²) < 4.78 is 18.0. The fourth-order valence-corrected chi connectivity index (χ4v) is 1.74. The van der Waals surface area contributed by atoms with E-state index in [4.69, 9.17) is 4.74 Å². The van der Waals surface area contributed by atoms with E-state index in [-0.39, 0.29) is 11.8 Å². The molecule has 0 spiro atoms. The van der Waals surface area contributed by atoms with Crippen LogP contribution in [0.5, 0.6) is 0 Å². The van der Waals surface area contributed by atoms with E-state index in [0.717, 1.165) is 0 Å². The van der Waals surface area contributed by atoms with Crippen LogP contribution in [0.2, 0.25) is 0 Å². The van der Waals surface area contributed by atoms with Crippen molar-refractivity contribution in [1.82, 2.24) is 4.90 Å². The molecule has 5 heteroatoms. The van der Waals surface area contributed by atoms with Gasteiger partial charge in [-0.1, -0.05) is 0 Å². The van der Waals surface area contributed by atoms with Crippen molar-refractivity contribution in [3.63, 3.8) is 0 Å². The summed E-state index contributed by atoms with van der Waals surface area (Å²) in [4.78, 5) is 15.3. The van der Waals surface area contributed by atoms with Gasteiger partial charge in [0.25, 0.3) is 0 Å². The Morgan fingerprint density at radius 3 is 2.47 bits per heavy atom. The summed E-state index contributed by atoms with van der Waals surface area (Å²) in [6, 6.07) is 5.79. The molecular formula is C12H15FN2O2. The number of nitrogens with zero attached hydrogens (tertiary/aromatic N) is 2. The van der Waals surface area contributed by atoms with Gasteiger partial charge in [-0.25, -0.2) is 9.18 Å². The summed E-state index contributed by atoms with van der Waals surface area (Å²) in [6.07, 6.45) is 0. The molecule has 92 valence electrons. The van der Waals surface area contributed by atoms with E-state index < -0.39 is 0 Å². The molecule has 1 fully saturated rings. The quantitative estimate of drug-likeness (QED) is 0.746. The number of hydrogen-bond donors (Lipinski definition) is 0. The number of halogens is 1. The molecule has 0 unspecified atom stereocenters. The maximum Gasteiger partial charge on any atom is 0.324 e. The number of carbonyl (C=O) groups is 1. The number of ether oxygens (including phenoxy) is 1. The number of urea groups is 1. The van der Waals surface area contributed by atoms with Crippen LogP contribution in [0.4, 0.5) is 14.9 Å². The van der Waals surface area contributed by atoms with E-state index in [9.17, 15) is 9.18 Å². The van der Waals surface area contributed by atoms with Gasteiger partial charge < -0.3 is 9.64 Å². The van der Waals surface area contributed by atoms with E-state index in [1.54, 1.807) is 24.1 Å². The number of rotatable bonds is 1. The summed E-state index contributed by atoms with van der Waals surface area (Å²) in [5.41, 5.74) is 0.683. The van der Waals surface area contributed by atoms with Crippen LogP contribution in [0, 0.1) is 5.82 Å².